The first kappa shape index (κ1) is 19.4. The van der Waals surface area contributed by atoms with Gasteiger partial charge in [-0.25, -0.2) is 4.39 Å². The summed E-state index contributed by atoms with van der Waals surface area (Å²) in [5.41, 5.74) is 4.23. The third kappa shape index (κ3) is 3.96. The molecule has 0 aliphatic carbocycles. The predicted octanol–water partition coefficient (Wildman–Crippen LogP) is 6.07. The Hall–Kier alpha value is -2.92. The Morgan fingerprint density at radius 1 is 1.07 bits per heavy atom. The average molecular weight is 452 g/mol. The molecule has 146 valence electrons. The minimum atomic E-state index is -0.283. The van der Waals surface area contributed by atoms with Crippen LogP contribution < -0.4 is 9.64 Å². The topological polar surface area (TPSA) is 29.5 Å². The number of amides is 1. The van der Waals surface area contributed by atoms with Crippen LogP contribution in [-0.4, -0.2) is 12.5 Å². The zero-order chi connectivity index (χ0) is 20.4. The molecule has 1 aliphatic rings. The number of benzene rings is 3. The zero-order valence-corrected chi connectivity index (χ0v) is 17.4. The van der Waals surface area contributed by atoms with Gasteiger partial charge < -0.3 is 9.64 Å². The molecule has 3 aromatic rings. The highest BCUT2D eigenvalue weighted by Gasteiger charge is 2.30. The van der Waals surface area contributed by atoms with Crippen molar-refractivity contribution in [2.45, 2.75) is 13.5 Å². The second kappa shape index (κ2) is 8.21. The van der Waals surface area contributed by atoms with E-state index in [2.05, 4.69) is 15.9 Å². The molecule has 1 amide bonds. The fraction of sp³-hybridized carbons (Fsp3) is 0.125. The van der Waals surface area contributed by atoms with Crippen molar-refractivity contribution >= 4 is 39.2 Å². The van der Waals surface area contributed by atoms with Gasteiger partial charge >= 0.3 is 0 Å². The molecule has 0 aromatic heterocycles. The molecular weight excluding hydrogens is 433 g/mol. The van der Waals surface area contributed by atoms with Gasteiger partial charge in [-0.05, 0) is 70.4 Å². The van der Waals surface area contributed by atoms with Crippen LogP contribution in [-0.2, 0) is 11.4 Å². The van der Waals surface area contributed by atoms with Gasteiger partial charge in [0, 0.05) is 17.7 Å². The number of carbonyl (C=O) groups is 1. The van der Waals surface area contributed by atoms with E-state index in [0.29, 0.717) is 17.9 Å². The van der Waals surface area contributed by atoms with Crippen LogP contribution in [0.3, 0.4) is 0 Å². The van der Waals surface area contributed by atoms with Crippen molar-refractivity contribution in [2.24, 2.45) is 0 Å². The van der Waals surface area contributed by atoms with E-state index >= 15 is 0 Å². The van der Waals surface area contributed by atoms with E-state index in [9.17, 15) is 9.18 Å². The van der Waals surface area contributed by atoms with Crippen LogP contribution in [0.2, 0.25) is 0 Å². The lowest BCUT2D eigenvalue weighted by molar-refractivity contribution is -0.112. The summed E-state index contributed by atoms with van der Waals surface area (Å²) in [6.45, 7) is 2.87. The minimum Gasteiger partial charge on any atom is -0.488 e. The molecule has 0 saturated heterocycles. The van der Waals surface area contributed by atoms with E-state index < -0.39 is 0 Å². The molecule has 1 aliphatic heterocycles. The van der Waals surface area contributed by atoms with Crippen molar-refractivity contribution in [3.05, 3.63) is 93.7 Å². The van der Waals surface area contributed by atoms with Crippen LogP contribution in [0.4, 0.5) is 10.1 Å². The van der Waals surface area contributed by atoms with E-state index in [-0.39, 0.29) is 18.3 Å². The highest BCUT2D eigenvalue weighted by atomic mass is 79.9. The Bertz CT molecular complexity index is 1110. The quantitative estimate of drug-likeness (QED) is 0.440. The van der Waals surface area contributed by atoms with Gasteiger partial charge in [0.1, 0.15) is 18.2 Å². The van der Waals surface area contributed by atoms with Crippen molar-refractivity contribution in [3.8, 4) is 5.75 Å². The van der Waals surface area contributed by atoms with Crippen LogP contribution in [0.5, 0.6) is 5.75 Å². The molecule has 0 radical (unpaired) electrons. The SMILES string of the molecule is CCN1C(=O)/C(=C\c2ccc(OCc3cccc(F)c3)c(Br)c2)c2ccccc21. The van der Waals surface area contributed by atoms with Crippen LogP contribution in [0.25, 0.3) is 11.6 Å². The number of hydrogen-bond acceptors (Lipinski definition) is 2. The van der Waals surface area contributed by atoms with Crippen molar-refractivity contribution in [1.82, 2.24) is 0 Å². The standard InChI is InChI=1S/C24H19BrFNO2/c1-2-27-22-9-4-3-8-19(22)20(24(27)28)13-16-10-11-23(21(25)14-16)29-15-17-6-5-7-18(26)12-17/h3-14H,2,15H2,1H3/b20-13-. The number of likely N-dealkylation sites (N-methyl/N-ethyl adjacent to an activating group) is 1. The molecule has 0 saturated carbocycles. The van der Waals surface area contributed by atoms with Gasteiger partial charge in [-0.15, -0.1) is 0 Å². The Kier molecular flexibility index (Phi) is 5.49. The molecule has 0 unspecified atom stereocenters. The first-order valence-electron chi connectivity index (χ1n) is 9.36. The Balaban J connectivity index is 1.57. The fourth-order valence-corrected chi connectivity index (χ4v) is 3.95. The molecule has 0 bridgehead atoms. The molecule has 29 heavy (non-hydrogen) atoms. The summed E-state index contributed by atoms with van der Waals surface area (Å²) in [5, 5.41) is 0. The molecule has 1 heterocycles. The van der Waals surface area contributed by atoms with Gasteiger partial charge in [0.15, 0.2) is 0 Å². The number of nitrogens with zero attached hydrogens (tertiary/aromatic N) is 1. The Labute approximate surface area is 177 Å². The van der Waals surface area contributed by atoms with Crippen molar-refractivity contribution < 1.29 is 13.9 Å². The average Bonchev–Trinajstić information content (AvgIpc) is 2.98. The predicted molar refractivity (Wildman–Crippen MR) is 117 cm³/mol. The van der Waals surface area contributed by atoms with Crippen LogP contribution in [0, 0.1) is 5.82 Å². The first-order valence-corrected chi connectivity index (χ1v) is 10.2. The smallest absolute Gasteiger partial charge is 0.258 e. The maximum absolute atomic E-state index is 13.3. The third-order valence-corrected chi connectivity index (χ3v) is 5.45. The summed E-state index contributed by atoms with van der Waals surface area (Å²) >= 11 is 3.53. The maximum Gasteiger partial charge on any atom is 0.258 e. The van der Waals surface area contributed by atoms with Crippen LogP contribution in [0.1, 0.15) is 23.6 Å². The van der Waals surface area contributed by atoms with E-state index in [1.165, 1.54) is 12.1 Å². The number of anilines is 1. The first-order chi connectivity index (χ1) is 14.1. The highest BCUT2D eigenvalue weighted by molar-refractivity contribution is 9.10. The highest BCUT2D eigenvalue weighted by Crippen LogP contribution is 2.38. The third-order valence-electron chi connectivity index (χ3n) is 4.83. The van der Waals surface area contributed by atoms with Gasteiger partial charge in [0.05, 0.1) is 10.2 Å². The van der Waals surface area contributed by atoms with Gasteiger partial charge in [-0.3, -0.25) is 4.79 Å². The van der Waals surface area contributed by atoms with E-state index in [4.69, 9.17) is 4.74 Å². The van der Waals surface area contributed by atoms with Crippen molar-refractivity contribution in [1.29, 1.82) is 0 Å². The van der Waals surface area contributed by atoms with E-state index in [0.717, 1.165) is 26.9 Å². The molecule has 3 nitrogen and oxygen atoms in total. The number of hydrogen-bond donors (Lipinski definition) is 0. The van der Waals surface area contributed by atoms with Gasteiger partial charge in [0.25, 0.3) is 5.91 Å². The van der Waals surface area contributed by atoms with Gasteiger partial charge in [-0.2, -0.15) is 0 Å². The minimum absolute atomic E-state index is 0.0104. The molecule has 3 aromatic carbocycles. The molecule has 0 N–H and O–H groups in total. The van der Waals surface area contributed by atoms with Crippen molar-refractivity contribution in [2.75, 3.05) is 11.4 Å². The van der Waals surface area contributed by atoms with Crippen molar-refractivity contribution in [3.63, 3.8) is 0 Å². The lowest BCUT2D eigenvalue weighted by atomic mass is 10.0. The molecule has 0 fully saturated rings. The van der Waals surface area contributed by atoms with E-state index in [1.54, 1.807) is 11.0 Å². The molecule has 5 heteroatoms. The Morgan fingerprint density at radius 3 is 2.66 bits per heavy atom. The number of ether oxygens (including phenoxy) is 1. The summed E-state index contributed by atoms with van der Waals surface area (Å²) in [7, 11) is 0. The number of fused-ring (bicyclic) bond motifs is 1. The van der Waals surface area contributed by atoms with Gasteiger partial charge in [-0.1, -0.05) is 36.4 Å². The summed E-state index contributed by atoms with van der Waals surface area (Å²) in [6.07, 6.45) is 1.90. The second-order valence-corrected chi connectivity index (χ2v) is 7.59. The van der Waals surface area contributed by atoms with E-state index in [1.807, 2.05) is 61.5 Å². The monoisotopic (exact) mass is 451 g/mol. The zero-order valence-electron chi connectivity index (χ0n) is 15.9. The summed E-state index contributed by atoms with van der Waals surface area (Å²) in [6, 6.07) is 19.8. The summed E-state index contributed by atoms with van der Waals surface area (Å²) < 4.78 is 19.9. The van der Waals surface area contributed by atoms with Crippen LogP contribution in [0.15, 0.2) is 71.2 Å². The lowest BCUT2D eigenvalue weighted by Crippen LogP contribution is -2.25. The molecule has 4 rings (SSSR count). The number of halogens is 2. The normalized spacial score (nSPS) is 14.4. The summed E-state index contributed by atoms with van der Waals surface area (Å²) in [4.78, 5) is 14.6. The number of rotatable bonds is 5. The van der Waals surface area contributed by atoms with Gasteiger partial charge in [0.2, 0.25) is 0 Å². The molecule has 0 spiro atoms. The number of para-hydroxylation sites is 1. The number of carbonyl (C=O) groups excluding carboxylic acids is 1. The molecular formula is C24H19BrFNO2. The Morgan fingerprint density at radius 2 is 1.90 bits per heavy atom. The summed E-state index contributed by atoms with van der Waals surface area (Å²) in [5.74, 6) is 0.385. The largest absolute Gasteiger partial charge is 0.488 e. The fourth-order valence-electron chi connectivity index (χ4n) is 3.44. The molecule has 0 atom stereocenters. The lowest BCUT2D eigenvalue weighted by Gasteiger charge is -2.13. The maximum atomic E-state index is 13.3. The van der Waals surface area contributed by atoms with Crippen LogP contribution >= 0.6 is 15.9 Å². The second-order valence-electron chi connectivity index (χ2n) is 6.73.